The van der Waals surface area contributed by atoms with E-state index in [0.717, 1.165) is 0 Å². The van der Waals surface area contributed by atoms with E-state index in [2.05, 4.69) is 5.32 Å². The second-order valence-corrected chi connectivity index (χ2v) is 5.40. The van der Waals surface area contributed by atoms with Crippen LogP contribution in [0.1, 0.15) is 33.6 Å². The van der Waals surface area contributed by atoms with Crippen LogP contribution >= 0.6 is 0 Å². The normalized spacial score (nSPS) is 12.1. The van der Waals surface area contributed by atoms with Crippen molar-refractivity contribution in [3.8, 4) is 0 Å². The number of alkyl halides is 2. The Balaban J connectivity index is 3.74. The average Bonchev–Trinajstić information content (AvgIpc) is 2.30. The average molecular weight is 280 g/mol. The quantitative estimate of drug-likeness (QED) is 0.600. The van der Waals surface area contributed by atoms with Crippen LogP contribution in [0.2, 0.25) is 0 Å². The van der Waals surface area contributed by atoms with Gasteiger partial charge in [-0.2, -0.15) is 0 Å². The molecule has 0 aromatic carbocycles. The maximum Gasteiger partial charge on any atom is 0.287 e. The zero-order valence-corrected chi connectivity index (χ0v) is 11.6. The van der Waals surface area contributed by atoms with Crippen LogP contribution in [-0.2, 0) is 9.59 Å². The molecular weight excluding hydrogens is 258 g/mol. The van der Waals surface area contributed by atoms with Gasteiger partial charge in [-0.25, -0.2) is 8.78 Å². The summed E-state index contributed by atoms with van der Waals surface area (Å²) >= 11 is 0. The van der Waals surface area contributed by atoms with Crippen molar-refractivity contribution in [1.82, 2.24) is 10.6 Å². The Morgan fingerprint density at radius 3 is 2.21 bits per heavy atom. The van der Waals surface area contributed by atoms with Crippen LogP contribution in [0.15, 0.2) is 0 Å². The highest BCUT2D eigenvalue weighted by Crippen LogP contribution is 2.12. The molecule has 112 valence electrons. The van der Waals surface area contributed by atoms with Gasteiger partial charge in [-0.3, -0.25) is 9.59 Å². The summed E-state index contributed by atoms with van der Waals surface area (Å²) in [4.78, 5) is 22.7. The molecule has 5 nitrogen and oxygen atoms in total. The number of hydrogen-bond donors (Lipinski definition) is 3. The molecule has 0 fully saturated rings. The molecule has 0 unspecified atom stereocenters. The summed E-state index contributed by atoms with van der Waals surface area (Å²) in [5, 5.41) is 13.0. The van der Waals surface area contributed by atoms with Crippen LogP contribution in [0.25, 0.3) is 0 Å². The van der Waals surface area contributed by atoms with Crippen LogP contribution in [0.3, 0.4) is 0 Å². The van der Waals surface area contributed by atoms with Crippen LogP contribution in [-0.4, -0.2) is 42.5 Å². The molecule has 0 aliphatic heterocycles. The number of aliphatic hydroxyl groups excluding tert-OH is 1. The maximum atomic E-state index is 12.6. The summed E-state index contributed by atoms with van der Waals surface area (Å²) in [5.41, 5.74) is -0.495. The standard InChI is InChI=1S/C12H22F2N2O3/c1-11(2,3)10(19)15-6-4-5-9(18)16-7-12(13,14)8-17/h17H,4-8H2,1-3H3,(H,15,19)(H,16,18). The predicted molar refractivity (Wildman–Crippen MR) is 66.7 cm³/mol. The first-order chi connectivity index (χ1) is 8.58. The lowest BCUT2D eigenvalue weighted by Crippen LogP contribution is -2.39. The monoisotopic (exact) mass is 280 g/mol. The predicted octanol–water partition coefficient (Wildman–Crippen LogP) is 0.673. The number of rotatable bonds is 7. The smallest absolute Gasteiger partial charge is 0.287 e. The lowest BCUT2D eigenvalue weighted by Gasteiger charge is -2.17. The van der Waals surface area contributed by atoms with Gasteiger partial charge in [0.1, 0.15) is 6.61 Å². The number of amides is 2. The molecule has 0 radical (unpaired) electrons. The third-order valence-corrected chi connectivity index (χ3v) is 2.32. The van der Waals surface area contributed by atoms with Gasteiger partial charge in [-0.15, -0.1) is 0 Å². The summed E-state index contributed by atoms with van der Waals surface area (Å²) in [6.45, 7) is 3.45. The number of hydrogen-bond acceptors (Lipinski definition) is 3. The van der Waals surface area contributed by atoms with Crippen molar-refractivity contribution in [1.29, 1.82) is 0 Å². The van der Waals surface area contributed by atoms with Gasteiger partial charge in [0.15, 0.2) is 0 Å². The molecule has 0 aliphatic carbocycles. The molecular formula is C12H22F2N2O3. The molecule has 0 spiro atoms. The van der Waals surface area contributed by atoms with Crippen molar-refractivity contribution in [3.63, 3.8) is 0 Å². The van der Waals surface area contributed by atoms with Gasteiger partial charge >= 0.3 is 0 Å². The molecule has 0 bridgehead atoms. The van der Waals surface area contributed by atoms with Gasteiger partial charge in [-0.1, -0.05) is 20.8 Å². The van der Waals surface area contributed by atoms with E-state index < -0.39 is 30.4 Å². The Labute approximate surface area is 111 Å². The van der Waals surface area contributed by atoms with Crippen LogP contribution < -0.4 is 10.6 Å². The van der Waals surface area contributed by atoms with Gasteiger partial charge in [0.25, 0.3) is 5.92 Å². The Kier molecular flexibility index (Phi) is 6.89. The number of carbonyl (C=O) groups is 2. The van der Waals surface area contributed by atoms with Crippen molar-refractivity contribution < 1.29 is 23.5 Å². The number of carbonyl (C=O) groups excluding carboxylic acids is 2. The van der Waals surface area contributed by atoms with E-state index in [-0.39, 0.29) is 12.3 Å². The van der Waals surface area contributed by atoms with Gasteiger partial charge in [0.2, 0.25) is 11.8 Å². The number of nitrogens with one attached hydrogen (secondary N) is 2. The van der Waals surface area contributed by atoms with Gasteiger partial charge in [-0.05, 0) is 6.42 Å². The summed E-state index contributed by atoms with van der Waals surface area (Å²) in [7, 11) is 0. The Hall–Kier alpha value is -1.24. The minimum atomic E-state index is -3.30. The fourth-order valence-corrected chi connectivity index (χ4v) is 1.09. The summed E-state index contributed by atoms with van der Waals surface area (Å²) in [5.74, 6) is -3.95. The topological polar surface area (TPSA) is 78.4 Å². The van der Waals surface area contributed by atoms with Crippen molar-refractivity contribution >= 4 is 11.8 Å². The fraction of sp³-hybridized carbons (Fsp3) is 0.833. The third kappa shape index (κ3) is 8.47. The molecule has 0 aromatic rings. The van der Waals surface area contributed by atoms with Gasteiger partial charge in [0.05, 0.1) is 6.54 Å². The zero-order valence-electron chi connectivity index (χ0n) is 11.6. The van der Waals surface area contributed by atoms with E-state index in [1.807, 2.05) is 5.32 Å². The van der Waals surface area contributed by atoms with E-state index >= 15 is 0 Å². The third-order valence-electron chi connectivity index (χ3n) is 2.32. The lowest BCUT2D eigenvalue weighted by atomic mass is 9.96. The maximum absolute atomic E-state index is 12.6. The van der Waals surface area contributed by atoms with Crippen LogP contribution in [0.5, 0.6) is 0 Å². The Morgan fingerprint density at radius 1 is 1.16 bits per heavy atom. The van der Waals surface area contributed by atoms with Crippen LogP contribution in [0, 0.1) is 5.41 Å². The van der Waals surface area contributed by atoms with E-state index in [0.29, 0.717) is 13.0 Å². The first-order valence-electron chi connectivity index (χ1n) is 6.12. The second kappa shape index (κ2) is 7.37. The van der Waals surface area contributed by atoms with E-state index in [4.69, 9.17) is 5.11 Å². The highest BCUT2D eigenvalue weighted by molar-refractivity contribution is 5.81. The minimum absolute atomic E-state index is 0.0476. The molecule has 2 amide bonds. The van der Waals surface area contributed by atoms with E-state index in [9.17, 15) is 18.4 Å². The number of aliphatic hydroxyl groups is 1. The molecule has 7 heteroatoms. The largest absolute Gasteiger partial charge is 0.390 e. The zero-order chi connectivity index (χ0) is 15.1. The summed E-state index contributed by atoms with van der Waals surface area (Å²) in [6, 6.07) is 0. The van der Waals surface area contributed by atoms with Crippen molar-refractivity contribution in [2.45, 2.75) is 39.5 Å². The molecule has 0 heterocycles. The van der Waals surface area contributed by atoms with Gasteiger partial charge in [0, 0.05) is 18.4 Å². The van der Waals surface area contributed by atoms with Crippen molar-refractivity contribution in [3.05, 3.63) is 0 Å². The van der Waals surface area contributed by atoms with E-state index in [1.165, 1.54) is 0 Å². The Morgan fingerprint density at radius 2 is 1.74 bits per heavy atom. The molecule has 0 aliphatic rings. The summed E-state index contributed by atoms with van der Waals surface area (Å²) < 4.78 is 25.2. The SMILES string of the molecule is CC(C)(C)C(=O)NCCCC(=O)NCC(F)(F)CO. The highest BCUT2D eigenvalue weighted by atomic mass is 19.3. The first-order valence-corrected chi connectivity index (χ1v) is 6.12. The molecule has 0 saturated heterocycles. The molecule has 3 N–H and O–H groups in total. The first kappa shape index (κ1) is 17.8. The second-order valence-electron chi connectivity index (χ2n) is 5.40. The number of halogens is 2. The molecule has 0 rings (SSSR count). The minimum Gasteiger partial charge on any atom is -0.390 e. The summed E-state index contributed by atoms with van der Waals surface area (Å²) in [6.07, 6.45) is 0.421. The molecule has 0 aromatic heterocycles. The fourth-order valence-electron chi connectivity index (χ4n) is 1.09. The van der Waals surface area contributed by atoms with Crippen molar-refractivity contribution in [2.24, 2.45) is 5.41 Å². The lowest BCUT2D eigenvalue weighted by molar-refractivity contribution is -0.129. The van der Waals surface area contributed by atoms with Gasteiger partial charge < -0.3 is 15.7 Å². The molecule has 0 saturated carbocycles. The Bertz CT molecular complexity index is 315. The van der Waals surface area contributed by atoms with E-state index in [1.54, 1.807) is 20.8 Å². The van der Waals surface area contributed by atoms with Crippen molar-refractivity contribution in [2.75, 3.05) is 19.7 Å². The highest BCUT2D eigenvalue weighted by Gasteiger charge is 2.28. The molecule has 19 heavy (non-hydrogen) atoms. The van der Waals surface area contributed by atoms with Crippen LogP contribution in [0.4, 0.5) is 8.78 Å². The molecule has 0 atom stereocenters.